The van der Waals surface area contributed by atoms with Crippen molar-refractivity contribution in [1.29, 1.82) is 0 Å². The summed E-state index contributed by atoms with van der Waals surface area (Å²) in [7, 11) is 1.75. The van der Waals surface area contributed by atoms with Crippen LogP contribution in [0, 0.1) is 0 Å². The van der Waals surface area contributed by atoms with Crippen LogP contribution < -0.4 is 5.32 Å². The molecular formula is C15H14ClN5O. The number of carbonyl (C=O) groups excluding carboxylic acids is 1. The van der Waals surface area contributed by atoms with E-state index in [9.17, 15) is 4.79 Å². The number of anilines is 1. The number of aryl methyl sites for hydroxylation is 1. The van der Waals surface area contributed by atoms with Crippen LogP contribution in [0.3, 0.4) is 0 Å². The van der Waals surface area contributed by atoms with E-state index in [1.807, 2.05) is 30.3 Å². The molecule has 2 heterocycles. The summed E-state index contributed by atoms with van der Waals surface area (Å²) >= 11 is 6.13. The molecule has 0 bridgehead atoms. The average Bonchev–Trinajstić information content (AvgIpc) is 3.07. The molecule has 1 amide bonds. The first-order chi connectivity index (χ1) is 10.6. The number of hydrogen-bond donors (Lipinski definition) is 1. The minimum atomic E-state index is -0.292. The van der Waals surface area contributed by atoms with Crippen LogP contribution in [0.1, 0.15) is 15.9 Å². The molecule has 1 aromatic carbocycles. The van der Waals surface area contributed by atoms with Crippen LogP contribution in [0.2, 0.25) is 5.02 Å². The monoisotopic (exact) mass is 315 g/mol. The van der Waals surface area contributed by atoms with Gasteiger partial charge in [0.25, 0.3) is 5.91 Å². The fourth-order valence-corrected chi connectivity index (χ4v) is 2.25. The van der Waals surface area contributed by atoms with Gasteiger partial charge in [0.1, 0.15) is 5.02 Å². The molecule has 1 N–H and O–H groups in total. The number of aromatic nitrogens is 4. The van der Waals surface area contributed by atoms with Gasteiger partial charge in [-0.05, 0) is 5.56 Å². The smallest absolute Gasteiger partial charge is 0.260 e. The Balaban J connectivity index is 1.74. The third-order valence-electron chi connectivity index (χ3n) is 3.10. The van der Waals surface area contributed by atoms with E-state index >= 15 is 0 Å². The predicted molar refractivity (Wildman–Crippen MR) is 83.9 cm³/mol. The maximum atomic E-state index is 12.1. The number of hydrogen-bond acceptors (Lipinski definition) is 3. The van der Waals surface area contributed by atoms with Gasteiger partial charge >= 0.3 is 0 Å². The van der Waals surface area contributed by atoms with Crippen molar-refractivity contribution in [3.8, 4) is 0 Å². The number of nitrogens with zero attached hydrogens (tertiary/aromatic N) is 4. The van der Waals surface area contributed by atoms with E-state index in [4.69, 9.17) is 11.6 Å². The van der Waals surface area contributed by atoms with Gasteiger partial charge in [0.15, 0.2) is 5.82 Å². The van der Waals surface area contributed by atoms with E-state index in [1.165, 1.54) is 6.20 Å². The molecule has 0 atom stereocenters. The zero-order chi connectivity index (χ0) is 15.5. The fraction of sp³-hybridized carbons (Fsp3) is 0.133. The highest BCUT2D eigenvalue weighted by atomic mass is 35.5. The van der Waals surface area contributed by atoms with Gasteiger partial charge < -0.3 is 5.32 Å². The molecule has 3 rings (SSSR count). The highest BCUT2D eigenvalue weighted by molar-refractivity contribution is 6.33. The maximum Gasteiger partial charge on any atom is 0.260 e. The summed E-state index contributed by atoms with van der Waals surface area (Å²) in [5.74, 6) is 0.0476. The standard InChI is InChI=1S/C15H14ClN5O/c1-20-9-12(7-17-20)15(22)18-14-13(16)10-21(19-14)8-11-5-3-2-4-6-11/h2-7,9-10H,8H2,1H3,(H,18,19,22). The predicted octanol–water partition coefficient (Wildman–Crippen LogP) is 2.57. The third-order valence-corrected chi connectivity index (χ3v) is 3.38. The molecule has 0 radical (unpaired) electrons. The van der Waals surface area contributed by atoms with Gasteiger partial charge in [-0.1, -0.05) is 41.9 Å². The van der Waals surface area contributed by atoms with Crippen molar-refractivity contribution in [2.75, 3.05) is 5.32 Å². The molecule has 0 fully saturated rings. The van der Waals surface area contributed by atoms with Crippen molar-refractivity contribution in [1.82, 2.24) is 19.6 Å². The first-order valence-electron chi connectivity index (χ1n) is 6.69. The molecule has 0 saturated heterocycles. The summed E-state index contributed by atoms with van der Waals surface area (Å²) in [6.07, 6.45) is 4.81. The molecule has 22 heavy (non-hydrogen) atoms. The van der Waals surface area contributed by atoms with Crippen molar-refractivity contribution in [2.24, 2.45) is 7.05 Å². The largest absolute Gasteiger partial charge is 0.304 e. The fourth-order valence-electron chi connectivity index (χ4n) is 2.05. The van der Waals surface area contributed by atoms with Gasteiger partial charge in [-0.25, -0.2) is 0 Å². The quantitative estimate of drug-likeness (QED) is 0.804. The van der Waals surface area contributed by atoms with E-state index in [0.29, 0.717) is 22.9 Å². The topological polar surface area (TPSA) is 64.7 Å². The molecule has 7 heteroatoms. The van der Waals surface area contributed by atoms with Crippen molar-refractivity contribution in [2.45, 2.75) is 6.54 Å². The molecule has 0 saturated carbocycles. The van der Waals surface area contributed by atoms with Crippen LogP contribution in [0.15, 0.2) is 48.9 Å². The molecule has 0 aliphatic heterocycles. The first kappa shape index (κ1) is 14.3. The van der Waals surface area contributed by atoms with Crippen molar-refractivity contribution >= 4 is 23.3 Å². The van der Waals surface area contributed by atoms with Crippen LogP contribution in [-0.2, 0) is 13.6 Å². The molecule has 2 aromatic heterocycles. The number of carbonyl (C=O) groups is 1. The van der Waals surface area contributed by atoms with E-state index in [0.717, 1.165) is 5.56 Å². The average molecular weight is 316 g/mol. The summed E-state index contributed by atoms with van der Waals surface area (Å²) in [5, 5.41) is 11.3. The molecule has 3 aromatic rings. The zero-order valence-corrected chi connectivity index (χ0v) is 12.7. The van der Waals surface area contributed by atoms with E-state index in [-0.39, 0.29) is 5.91 Å². The van der Waals surface area contributed by atoms with Crippen LogP contribution in [0.25, 0.3) is 0 Å². The molecule has 0 unspecified atom stereocenters. The number of amides is 1. The lowest BCUT2D eigenvalue weighted by Gasteiger charge is -2.01. The third kappa shape index (κ3) is 3.17. The highest BCUT2D eigenvalue weighted by Gasteiger charge is 2.13. The molecule has 0 aliphatic rings. The number of benzene rings is 1. The Hall–Kier alpha value is -2.60. The molecule has 0 spiro atoms. The second kappa shape index (κ2) is 6.03. The minimum absolute atomic E-state index is 0.292. The molecule has 0 aliphatic carbocycles. The van der Waals surface area contributed by atoms with Crippen LogP contribution >= 0.6 is 11.6 Å². The van der Waals surface area contributed by atoms with Gasteiger partial charge in [0.05, 0.1) is 18.3 Å². The Morgan fingerprint density at radius 1 is 1.27 bits per heavy atom. The number of rotatable bonds is 4. The Labute approximate surface area is 132 Å². The lowest BCUT2D eigenvalue weighted by Crippen LogP contribution is -2.12. The summed E-state index contributed by atoms with van der Waals surface area (Å²) in [5.41, 5.74) is 1.56. The number of nitrogens with one attached hydrogen (secondary N) is 1. The summed E-state index contributed by atoms with van der Waals surface area (Å²) < 4.78 is 3.25. The van der Waals surface area contributed by atoms with Crippen molar-refractivity contribution in [3.63, 3.8) is 0 Å². The second-order valence-corrected chi connectivity index (χ2v) is 5.27. The Morgan fingerprint density at radius 3 is 2.73 bits per heavy atom. The summed E-state index contributed by atoms with van der Waals surface area (Å²) in [6, 6.07) is 9.89. The molecular weight excluding hydrogens is 302 g/mol. The van der Waals surface area contributed by atoms with Gasteiger partial charge in [-0.15, -0.1) is 0 Å². The number of halogens is 1. The SMILES string of the molecule is Cn1cc(C(=O)Nc2nn(Cc3ccccc3)cc2Cl)cn1. The van der Waals surface area contributed by atoms with Gasteiger partial charge in [0, 0.05) is 19.4 Å². The van der Waals surface area contributed by atoms with Gasteiger partial charge in [-0.3, -0.25) is 14.2 Å². The van der Waals surface area contributed by atoms with Gasteiger partial charge in [0.2, 0.25) is 0 Å². The molecule has 112 valence electrons. The minimum Gasteiger partial charge on any atom is -0.304 e. The van der Waals surface area contributed by atoms with E-state index < -0.39 is 0 Å². The van der Waals surface area contributed by atoms with Crippen LogP contribution in [0.4, 0.5) is 5.82 Å². The van der Waals surface area contributed by atoms with E-state index in [1.54, 1.807) is 28.8 Å². The van der Waals surface area contributed by atoms with Crippen LogP contribution in [-0.4, -0.2) is 25.5 Å². The maximum absolute atomic E-state index is 12.1. The Kier molecular flexibility index (Phi) is 3.93. The van der Waals surface area contributed by atoms with Crippen molar-refractivity contribution in [3.05, 3.63) is 65.1 Å². The van der Waals surface area contributed by atoms with Gasteiger partial charge in [-0.2, -0.15) is 10.2 Å². The van der Waals surface area contributed by atoms with E-state index in [2.05, 4.69) is 15.5 Å². The summed E-state index contributed by atoms with van der Waals surface area (Å²) in [4.78, 5) is 12.1. The highest BCUT2D eigenvalue weighted by Crippen LogP contribution is 2.20. The zero-order valence-electron chi connectivity index (χ0n) is 11.9. The molecule has 6 nitrogen and oxygen atoms in total. The van der Waals surface area contributed by atoms with Crippen molar-refractivity contribution < 1.29 is 4.79 Å². The second-order valence-electron chi connectivity index (χ2n) is 4.87. The summed E-state index contributed by atoms with van der Waals surface area (Å²) in [6.45, 7) is 0.587. The Morgan fingerprint density at radius 2 is 2.05 bits per heavy atom. The first-order valence-corrected chi connectivity index (χ1v) is 7.06. The Bertz CT molecular complexity index is 793. The normalized spacial score (nSPS) is 10.6. The van der Waals surface area contributed by atoms with Crippen LogP contribution in [0.5, 0.6) is 0 Å². The lowest BCUT2D eigenvalue weighted by molar-refractivity contribution is 0.102. The lowest BCUT2D eigenvalue weighted by atomic mass is 10.2.